The first kappa shape index (κ1) is 13.0. The van der Waals surface area contributed by atoms with Gasteiger partial charge in [0.15, 0.2) is 0 Å². The number of fused-ring (bicyclic) bond motifs is 1. The molecule has 0 saturated heterocycles. The number of aliphatic hydroxyl groups is 1. The van der Waals surface area contributed by atoms with Crippen LogP contribution < -0.4 is 5.73 Å². The Kier molecular flexibility index (Phi) is 3.16. The molecule has 0 aromatic rings. The highest BCUT2D eigenvalue weighted by Crippen LogP contribution is 2.62. The molecule has 0 bridgehead atoms. The Labute approximate surface area is 106 Å². The van der Waals surface area contributed by atoms with E-state index in [9.17, 15) is 14.7 Å². The molecule has 2 aliphatic carbocycles. The fraction of sp³-hybridized carbons (Fsp3) is 0.667. The van der Waals surface area contributed by atoms with Crippen molar-refractivity contribution in [3.63, 3.8) is 0 Å². The van der Waals surface area contributed by atoms with Gasteiger partial charge >= 0.3 is 11.9 Å². The van der Waals surface area contributed by atoms with Crippen molar-refractivity contribution in [3.8, 4) is 0 Å². The van der Waals surface area contributed by atoms with Crippen molar-refractivity contribution in [1.82, 2.24) is 0 Å². The molecule has 0 aromatic carbocycles. The van der Waals surface area contributed by atoms with Gasteiger partial charge in [0.25, 0.3) is 0 Å². The van der Waals surface area contributed by atoms with E-state index in [1.54, 1.807) is 6.92 Å². The summed E-state index contributed by atoms with van der Waals surface area (Å²) in [7, 11) is 0. The number of hydrogen-bond acceptors (Lipinski definition) is 6. The predicted octanol–water partition coefficient (Wildman–Crippen LogP) is -0.194. The average molecular weight is 257 g/mol. The summed E-state index contributed by atoms with van der Waals surface area (Å²) in [5.41, 5.74) is 4.73. The summed E-state index contributed by atoms with van der Waals surface area (Å²) in [5.74, 6) is -2.32. The highest BCUT2D eigenvalue weighted by Gasteiger charge is 2.74. The zero-order valence-corrected chi connectivity index (χ0v) is 10.2. The molecule has 2 aliphatic rings. The number of ether oxygens (including phenoxy) is 2. The van der Waals surface area contributed by atoms with E-state index >= 15 is 0 Å². The van der Waals surface area contributed by atoms with Gasteiger partial charge in [-0.25, -0.2) is 0 Å². The molecule has 0 amide bonds. The fourth-order valence-electron chi connectivity index (χ4n) is 3.04. The number of rotatable bonds is 4. The van der Waals surface area contributed by atoms with E-state index in [1.807, 2.05) is 0 Å². The number of hydrogen-bond donors (Lipinski definition) is 2. The Morgan fingerprint density at radius 3 is 2.89 bits per heavy atom. The van der Waals surface area contributed by atoms with Crippen LogP contribution in [0.3, 0.4) is 0 Å². The van der Waals surface area contributed by atoms with Crippen molar-refractivity contribution < 1.29 is 25.6 Å². The van der Waals surface area contributed by atoms with Gasteiger partial charge in [0.1, 0.15) is 5.54 Å². The maximum Gasteiger partial charge on any atom is 0.326 e. The van der Waals surface area contributed by atoms with Crippen LogP contribution in [-0.2, 0) is 19.1 Å². The molecule has 0 aliphatic heterocycles. The maximum atomic E-state index is 11.8. The van der Waals surface area contributed by atoms with Crippen LogP contribution in [0.4, 0.5) is 0 Å². The first-order chi connectivity index (χ1) is 8.47. The van der Waals surface area contributed by atoms with E-state index < -0.39 is 35.4 Å². The standard InChI is InChI=1S/C12H17NO5.H2/c1-3-17-10(15)8-7-6(14)5-12(13,9(7)8)11(16)18-4-2;/h3,6-9,14H,1,4-5,13H2,2H3;1H/t6-,7-,8-,9-,12-;/m0./s1. The highest BCUT2D eigenvalue weighted by molar-refractivity contribution is 5.87. The zero-order valence-electron chi connectivity index (χ0n) is 10.2. The van der Waals surface area contributed by atoms with Gasteiger partial charge < -0.3 is 20.3 Å². The van der Waals surface area contributed by atoms with Crippen LogP contribution >= 0.6 is 0 Å². The lowest BCUT2D eigenvalue weighted by molar-refractivity contribution is -0.151. The maximum absolute atomic E-state index is 11.8. The minimum atomic E-state index is -1.29. The van der Waals surface area contributed by atoms with Gasteiger partial charge in [-0.1, -0.05) is 6.58 Å². The van der Waals surface area contributed by atoms with Crippen LogP contribution in [0.1, 0.15) is 14.8 Å². The van der Waals surface area contributed by atoms with Gasteiger partial charge in [-0.05, 0) is 6.92 Å². The summed E-state index contributed by atoms with van der Waals surface area (Å²) in [4.78, 5) is 23.5. The Hall–Kier alpha value is -1.40. The SMILES string of the molecule is C=COC(=O)[C@H]1[C@H]2[C@@H]1[C@](N)(C(=O)OCC)C[C@@H]2O.[HH]. The molecule has 6 nitrogen and oxygen atoms in total. The predicted molar refractivity (Wildman–Crippen MR) is 63.0 cm³/mol. The Bertz CT molecular complexity index is 402. The first-order valence-corrected chi connectivity index (χ1v) is 5.93. The smallest absolute Gasteiger partial charge is 0.326 e. The highest BCUT2D eigenvalue weighted by atomic mass is 16.5. The number of carbonyl (C=O) groups is 2. The third-order valence-corrected chi connectivity index (χ3v) is 3.79. The van der Waals surface area contributed by atoms with Crippen LogP contribution in [-0.4, -0.2) is 35.3 Å². The minimum Gasteiger partial charge on any atom is -0.465 e. The summed E-state index contributed by atoms with van der Waals surface area (Å²) in [6, 6.07) is 0. The normalized spacial score (nSPS) is 40.8. The van der Waals surface area contributed by atoms with Crippen molar-refractivity contribution in [2.24, 2.45) is 23.5 Å². The second kappa shape index (κ2) is 4.37. The summed E-state index contributed by atoms with van der Waals surface area (Å²) in [6.45, 7) is 5.19. The third-order valence-electron chi connectivity index (χ3n) is 3.79. The van der Waals surface area contributed by atoms with Crippen LogP contribution in [0.2, 0.25) is 0 Å². The molecule has 2 fully saturated rings. The van der Waals surface area contributed by atoms with Gasteiger partial charge in [-0.15, -0.1) is 0 Å². The van der Waals surface area contributed by atoms with Crippen molar-refractivity contribution in [2.75, 3.05) is 6.61 Å². The molecule has 2 rings (SSSR count). The Morgan fingerprint density at radius 1 is 1.67 bits per heavy atom. The monoisotopic (exact) mass is 257 g/mol. The second-order valence-corrected chi connectivity index (χ2v) is 4.76. The molecule has 102 valence electrons. The molecule has 3 N–H and O–H groups in total. The summed E-state index contributed by atoms with van der Waals surface area (Å²) < 4.78 is 9.60. The zero-order chi connectivity index (χ0) is 13.5. The third kappa shape index (κ3) is 1.72. The van der Waals surface area contributed by atoms with E-state index in [-0.39, 0.29) is 20.4 Å². The summed E-state index contributed by atoms with van der Waals surface area (Å²) >= 11 is 0. The number of nitrogens with two attached hydrogens (primary N) is 1. The van der Waals surface area contributed by atoms with E-state index in [4.69, 9.17) is 10.5 Å². The fourth-order valence-corrected chi connectivity index (χ4v) is 3.04. The Balaban J connectivity index is 0.00000180. The van der Waals surface area contributed by atoms with Gasteiger partial charge in [0, 0.05) is 19.7 Å². The molecule has 6 heteroatoms. The molecule has 5 atom stereocenters. The van der Waals surface area contributed by atoms with E-state index in [1.165, 1.54) is 0 Å². The van der Waals surface area contributed by atoms with Crippen molar-refractivity contribution >= 4 is 11.9 Å². The molecular weight excluding hydrogens is 238 g/mol. The molecule has 0 heterocycles. The topological polar surface area (TPSA) is 98.9 Å². The molecule has 18 heavy (non-hydrogen) atoms. The molecular formula is C12H19NO5. The molecule has 0 unspecified atom stereocenters. The van der Waals surface area contributed by atoms with E-state index in [0.717, 1.165) is 6.26 Å². The quantitative estimate of drug-likeness (QED) is 0.535. The summed E-state index contributed by atoms with van der Waals surface area (Å²) in [5, 5.41) is 9.86. The van der Waals surface area contributed by atoms with Crippen LogP contribution in [0.25, 0.3) is 0 Å². The molecule has 0 radical (unpaired) electrons. The largest absolute Gasteiger partial charge is 0.465 e. The van der Waals surface area contributed by atoms with Gasteiger partial charge in [-0.2, -0.15) is 0 Å². The number of aliphatic hydroxyl groups excluding tert-OH is 1. The van der Waals surface area contributed by atoms with Crippen molar-refractivity contribution in [1.29, 1.82) is 0 Å². The number of carbonyl (C=O) groups excluding carboxylic acids is 2. The van der Waals surface area contributed by atoms with Crippen LogP contribution in [0, 0.1) is 17.8 Å². The molecule has 0 aromatic heterocycles. The van der Waals surface area contributed by atoms with Crippen LogP contribution in [0.5, 0.6) is 0 Å². The number of esters is 2. The Morgan fingerprint density at radius 2 is 2.33 bits per heavy atom. The van der Waals surface area contributed by atoms with Crippen LogP contribution in [0.15, 0.2) is 12.8 Å². The van der Waals surface area contributed by atoms with E-state index in [2.05, 4.69) is 11.3 Å². The van der Waals surface area contributed by atoms with Crippen molar-refractivity contribution in [2.45, 2.75) is 25.0 Å². The first-order valence-electron chi connectivity index (χ1n) is 5.93. The lowest BCUT2D eigenvalue weighted by Gasteiger charge is -2.25. The van der Waals surface area contributed by atoms with Gasteiger partial charge in [-0.3, -0.25) is 9.59 Å². The lowest BCUT2D eigenvalue weighted by Crippen LogP contribution is -2.51. The average Bonchev–Trinajstić information content (AvgIpc) is 2.99. The van der Waals surface area contributed by atoms with Crippen molar-refractivity contribution in [3.05, 3.63) is 12.8 Å². The second-order valence-electron chi connectivity index (χ2n) is 4.76. The lowest BCUT2D eigenvalue weighted by atomic mass is 9.91. The van der Waals surface area contributed by atoms with Gasteiger partial charge in [0.05, 0.1) is 24.9 Å². The minimum absolute atomic E-state index is 0. The molecule has 2 saturated carbocycles. The molecule has 0 spiro atoms. The summed E-state index contributed by atoms with van der Waals surface area (Å²) in [6.07, 6.45) is 0.386. The van der Waals surface area contributed by atoms with Gasteiger partial charge in [0.2, 0.25) is 0 Å². The van der Waals surface area contributed by atoms with E-state index in [0.29, 0.717) is 0 Å².